The molecule has 1 saturated heterocycles. The smallest absolute Gasteiger partial charge is 0.227 e. The number of hydrogen-bond acceptors (Lipinski definition) is 2. The summed E-state index contributed by atoms with van der Waals surface area (Å²) in [6, 6.07) is 12.2. The first kappa shape index (κ1) is 14.9. The highest BCUT2D eigenvalue weighted by molar-refractivity contribution is 5.79. The van der Waals surface area contributed by atoms with Crippen LogP contribution in [0.4, 0.5) is 0 Å². The van der Waals surface area contributed by atoms with E-state index in [1.165, 1.54) is 5.56 Å². The van der Waals surface area contributed by atoms with E-state index in [4.69, 9.17) is 4.74 Å². The topological polar surface area (TPSA) is 34.5 Å². The largest absolute Gasteiger partial charge is 0.377 e. The Morgan fingerprint density at radius 2 is 2.18 bits per heavy atom. The SMILES string of the molecule is Cc1cccc(CC(=O)N2CCOCC2c2cccn2C)c1. The molecule has 1 aliphatic heterocycles. The normalized spacial score (nSPS) is 18.5. The molecule has 0 bridgehead atoms. The van der Waals surface area contributed by atoms with E-state index in [2.05, 4.69) is 29.7 Å². The summed E-state index contributed by atoms with van der Waals surface area (Å²) in [4.78, 5) is 14.7. The van der Waals surface area contributed by atoms with Crippen molar-refractivity contribution in [3.8, 4) is 0 Å². The van der Waals surface area contributed by atoms with E-state index in [-0.39, 0.29) is 11.9 Å². The Kier molecular flexibility index (Phi) is 4.29. The van der Waals surface area contributed by atoms with E-state index < -0.39 is 0 Å². The molecule has 4 heteroatoms. The van der Waals surface area contributed by atoms with Gasteiger partial charge in [-0.2, -0.15) is 0 Å². The van der Waals surface area contributed by atoms with Gasteiger partial charge in [0.15, 0.2) is 0 Å². The van der Waals surface area contributed by atoms with Crippen LogP contribution in [0.1, 0.15) is 22.9 Å². The minimum absolute atomic E-state index is 0.00561. The standard InChI is InChI=1S/C18H22N2O2/c1-14-5-3-6-15(11-14)12-18(21)20-9-10-22-13-17(20)16-7-4-8-19(16)2/h3-8,11,17H,9-10,12-13H2,1-2H3. The van der Waals surface area contributed by atoms with E-state index in [1.807, 2.05) is 36.3 Å². The van der Waals surface area contributed by atoms with Crippen LogP contribution in [0.2, 0.25) is 0 Å². The van der Waals surface area contributed by atoms with Crippen LogP contribution in [0.25, 0.3) is 0 Å². The molecule has 3 rings (SSSR count). The van der Waals surface area contributed by atoms with Gasteiger partial charge in [-0.25, -0.2) is 0 Å². The van der Waals surface area contributed by atoms with Crippen molar-refractivity contribution in [3.05, 3.63) is 59.4 Å². The number of ether oxygens (including phenoxy) is 1. The number of morpholine rings is 1. The van der Waals surface area contributed by atoms with Gasteiger partial charge in [0, 0.05) is 25.5 Å². The molecule has 2 aromatic rings. The Bertz CT molecular complexity index is 663. The fourth-order valence-corrected chi connectivity index (χ4v) is 3.07. The van der Waals surface area contributed by atoms with Crippen LogP contribution in [0.5, 0.6) is 0 Å². The lowest BCUT2D eigenvalue weighted by atomic mass is 10.1. The summed E-state index contributed by atoms with van der Waals surface area (Å²) in [6.07, 6.45) is 2.45. The van der Waals surface area contributed by atoms with E-state index in [9.17, 15) is 4.79 Å². The van der Waals surface area contributed by atoms with Crippen molar-refractivity contribution in [1.82, 2.24) is 9.47 Å². The number of nitrogens with zero attached hydrogens (tertiary/aromatic N) is 2. The van der Waals surface area contributed by atoms with Gasteiger partial charge < -0.3 is 14.2 Å². The summed E-state index contributed by atoms with van der Waals surface area (Å²) in [7, 11) is 2.01. The Morgan fingerprint density at radius 1 is 1.32 bits per heavy atom. The van der Waals surface area contributed by atoms with Crippen LogP contribution in [0, 0.1) is 6.92 Å². The molecule has 4 nitrogen and oxygen atoms in total. The molecule has 1 aliphatic rings. The van der Waals surface area contributed by atoms with E-state index in [0.717, 1.165) is 11.3 Å². The molecular weight excluding hydrogens is 276 g/mol. The third kappa shape index (κ3) is 3.07. The molecule has 116 valence electrons. The third-order valence-electron chi connectivity index (χ3n) is 4.21. The minimum Gasteiger partial charge on any atom is -0.377 e. The van der Waals surface area contributed by atoms with Crippen LogP contribution in [0.15, 0.2) is 42.6 Å². The highest BCUT2D eigenvalue weighted by atomic mass is 16.5. The number of aryl methyl sites for hydroxylation is 2. The van der Waals surface area contributed by atoms with Gasteiger partial charge in [0.1, 0.15) is 0 Å². The Balaban J connectivity index is 1.78. The second-order valence-corrected chi connectivity index (χ2v) is 5.89. The number of carbonyl (C=O) groups is 1. The maximum atomic E-state index is 12.8. The second-order valence-electron chi connectivity index (χ2n) is 5.89. The summed E-state index contributed by atoms with van der Waals surface area (Å²) in [5.41, 5.74) is 3.38. The molecule has 0 N–H and O–H groups in total. The average molecular weight is 298 g/mol. The number of carbonyl (C=O) groups excluding carboxylic acids is 1. The molecule has 1 unspecified atom stereocenters. The fourth-order valence-electron chi connectivity index (χ4n) is 3.07. The summed E-state index contributed by atoms with van der Waals surface area (Å²) in [5, 5.41) is 0. The Morgan fingerprint density at radius 3 is 2.91 bits per heavy atom. The summed E-state index contributed by atoms with van der Waals surface area (Å²) in [5.74, 6) is 0.167. The lowest BCUT2D eigenvalue weighted by Crippen LogP contribution is -2.44. The first-order chi connectivity index (χ1) is 10.6. The van der Waals surface area contributed by atoms with Gasteiger partial charge in [-0.15, -0.1) is 0 Å². The molecule has 1 atom stereocenters. The molecule has 0 radical (unpaired) electrons. The van der Waals surface area contributed by atoms with Crippen molar-refractivity contribution in [3.63, 3.8) is 0 Å². The van der Waals surface area contributed by atoms with Gasteiger partial charge >= 0.3 is 0 Å². The fraction of sp³-hybridized carbons (Fsp3) is 0.389. The van der Waals surface area contributed by atoms with Gasteiger partial charge in [-0.3, -0.25) is 4.79 Å². The number of hydrogen-bond donors (Lipinski definition) is 0. The van der Waals surface area contributed by atoms with Gasteiger partial charge in [-0.05, 0) is 24.6 Å². The van der Waals surface area contributed by atoms with Gasteiger partial charge in [0.25, 0.3) is 0 Å². The molecule has 1 aromatic heterocycles. The Hall–Kier alpha value is -2.07. The molecule has 0 aliphatic carbocycles. The highest BCUT2D eigenvalue weighted by Crippen LogP contribution is 2.25. The molecule has 2 heterocycles. The van der Waals surface area contributed by atoms with Gasteiger partial charge in [0.05, 0.1) is 25.7 Å². The zero-order chi connectivity index (χ0) is 15.5. The van der Waals surface area contributed by atoms with Crippen molar-refractivity contribution in [1.29, 1.82) is 0 Å². The predicted molar refractivity (Wildman–Crippen MR) is 85.6 cm³/mol. The van der Waals surface area contributed by atoms with Gasteiger partial charge in [0.2, 0.25) is 5.91 Å². The maximum absolute atomic E-state index is 12.8. The lowest BCUT2D eigenvalue weighted by molar-refractivity contribution is -0.139. The molecule has 0 saturated carbocycles. The zero-order valence-electron chi connectivity index (χ0n) is 13.2. The summed E-state index contributed by atoms with van der Waals surface area (Å²) < 4.78 is 7.67. The number of aromatic nitrogens is 1. The quantitative estimate of drug-likeness (QED) is 0.872. The van der Waals surface area contributed by atoms with Crippen molar-refractivity contribution < 1.29 is 9.53 Å². The van der Waals surface area contributed by atoms with Crippen LogP contribution in [-0.2, 0) is 23.0 Å². The molecule has 1 amide bonds. The monoisotopic (exact) mass is 298 g/mol. The third-order valence-corrected chi connectivity index (χ3v) is 4.21. The van der Waals surface area contributed by atoms with Crippen LogP contribution < -0.4 is 0 Å². The van der Waals surface area contributed by atoms with E-state index in [0.29, 0.717) is 26.2 Å². The van der Waals surface area contributed by atoms with Crippen LogP contribution >= 0.6 is 0 Å². The highest BCUT2D eigenvalue weighted by Gasteiger charge is 2.29. The first-order valence-electron chi connectivity index (χ1n) is 7.69. The molecule has 22 heavy (non-hydrogen) atoms. The average Bonchev–Trinajstić information content (AvgIpc) is 2.93. The summed E-state index contributed by atoms with van der Waals surface area (Å²) >= 11 is 0. The molecule has 1 fully saturated rings. The van der Waals surface area contributed by atoms with Gasteiger partial charge in [-0.1, -0.05) is 29.8 Å². The second kappa shape index (κ2) is 6.36. The number of benzene rings is 1. The minimum atomic E-state index is 0.00561. The predicted octanol–water partition coefficient (Wildman–Crippen LogP) is 2.48. The van der Waals surface area contributed by atoms with Crippen molar-refractivity contribution in [2.45, 2.75) is 19.4 Å². The van der Waals surface area contributed by atoms with Crippen LogP contribution in [-0.4, -0.2) is 35.1 Å². The lowest BCUT2D eigenvalue weighted by Gasteiger charge is -2.36. The Labute approximate surface area is 131 Å². The van der Waals surface area contributed by atoms with Crippen molar-refractivity contribution in [2.24, 2.45) is 7.05 Å². The van der Waals surface area contributed by atoms with E-state index >= 15 is 0 Å². The summed E-state index contributed by atoms with van der Waals surface area (Å²) in [6.45, 7) is 3.88. The van der Waals surface area contributed by atoms with Crippen LogP contribution in [0.3, 0.4) is 0 Å². The molecular formula is C18H22N2O2. The molecule has 0 spiro atoms. The number of rotatable bonds is 3. The van der Waals surface area contributed by atoms with Crippen molar-refractivity contribution in [2.75, 3.05) is 19.8 Å². The van der Waals surface area contributed by atoms with Crippen molar-refractivity contribution >= 4 is 5.91 Å². The molecule has 1 aromatic carbocycles. The maximum Gasteiger partial charge on any atom is 0.227 e. The van der Waals surface area contributed by atoms with E-state index in [1.54, 1.807) is 0 Å². The first-order valence-corrected chi connectivity index (χ1v) is 7.69. The number of amides is 1. The zero-order valence-corrected chi connectivity index (χ0v) is 13.2.